The van der Waals surface area contributed by atoms with Crippen molar-refractivity contribution in [1.29, 1.82) is 0 Å². The summed E-state index contributed by atoms with van der Waals surface area (Å²) in [7, 11) is 1.70. The van der Waals surface area contributed by atoms with Gasteiger partial charge in [-0.2, -0.15) is 35.9 Å². The Balaban J connectivity index is 0.000000584. The predicted molar refractivity (Wildman–Crippen MR) is 165 cm³/mol. The molecule has 5 aromatic carbocycles. The van der Waals surface area contributed by atoms with E-state index in [1.54, 1.807) is 7.11 Å². The molecule has 6 rings (SSSR count). The van der Waals surface area contributed by atoms with Gasteiger partial charge in [0, 0.05) is 31.7 Å². The van der Waals surface area contributed by atoms with Crippen LogP contribution in [0.3, 0.4) is 0 Å². The van der Waals surface area contributed by atoms with Gasteiger partial charge in [0.1, 0.15) is 11.5 Å². The van der Waals surface area contributed by atoms with Crippen LogP contribution in [0.2, 0.25) is 0 Å². The fourth-order valence-electron chi connectivity index (χ4n) is 5.73. The number of fused-ring (bicyclic) bond motifs is 1. The van der Waals surface area contributed by atoms with Gasteiger partial charge in [0.2, 0.25) is 0 Å². The zero-order valence-electron chi connectivity index (χ0n) is 23.8. The minimum atomic E-state index is -0.00787. The minimum absolute atomic E-state index is 0. The zero-order chi connectivity index (χ0) is 27.6. The molecule has 41 heavy (non-hydrogen) atoms. The third-order valence-corrected chi connectivity index (χ3v) is 7.90. The standard InChI is InChI=1S/C31H35N2O2.C5H5.Fe/c1-35-27-16-13-26(14-17-27)31(30-28-12-5-4-11-25(28)15-18-29(30)34)33-22-20-32(21-23-33)19-7-6-10-24-8-2-3-9-24;1-2-4-5-3-1;/h2-5,8-9,11-18,31,34H,6-7,10,19-23H2,1H3;1-5H;/q2*-1;+2. The number of nitrogens with zero attached hydrogens (tertiary/aromatic N) is 2. The number of methoxy groups -OCH3 is 1. The summed E-state index contributed by atoms with van der Waals surface area (Å²) >= 11 is 0. The van der Waals surface area contributed by atoms with Crippen LogP contribution in [0.15, 0.2) is 115 Å². The first-order chi connectivity index (χ1) is 19.7. The van der Waals surface area contributed by atoms with Crippen molar-refractivity contribution in [3.05, 3.63) is 132 Å². The number of aryl methyl sites for hydroxylation is 1. The van der Waals surface area contributed by atoms with Gasteiger partial charge in [0.15, 0.2) is 0 Å². The summed E-state index contributed by atoms with van der Waals surface area (Å²) in [4.78, 5) is 5.12. The molecule has 5 aromatic rings. The molecule has 214 valence electrons. The molecule has 0 radical (unpaired) electrons. The SMILES string of the molecule is COc1ccc(C(c2c(O)ccc3ccccc23)N2CCN(CCCC[c-]3cccc3)CC2)cc1.[Fe+2].c1cc[cH-]c1. The summed E-state index contributed by atoms with van der Waals surface area (Å²) in [5, 5.41) is 13.4. The second-order valence-corrected chi connectivity index (χ2v) is 10.5. The van der Waals surface area contributed by atoms with Gasteiger partial charge in [0.25, 0.3) is 0 Å². The average molecular weight is 589 g/mol. The maximum atomic E-state index is 11.1. The minimum Gasteiger partial charge on any atom is -0.508 e. The zero-order valence-corrected chi connectivity index (χ0v) is 24.9. The number of ether oxygens (including phenoxy) is 1. The second-order valence-electron chi connectivity index (χ2n) is 10.5. The smallest absolute Gasteiger partial charge is 0.508 e. The van der Waals surface area contributed by atoms with Gasteiger partial charge in [-0.15, -0.1) is 0 Å². The predicted octanol–water partition coefficient (Wildman–Crippen LogP) is 7.41. The van der Waals surface area contributed by atoms with E-state index < -0.39 is 0 Å². The van der Waals surface area contributed by atoms with Crippen LogP contribution in [0.25, 0.3) is 10.8 Å². The van der Waals surface area contributed by atoms with Crippen molar-refractivity contribution in [2.45, 2.75) is 25.3 Å². The van der Waals surface area contributed by atoms with E-state index in [0.717, 1.165) is 54.8 Å². The summed E-state index contributed by atoms with van der Waals surface area (Å²) in [5.41, 5.74) is 3.63. The van der Waals surface area contributed by atoms with Crippen molar-refractivity contribution in [1.82, 2.24) is 9.80 Å². The van der Waals surface area contributed by atoms with Gasteiger partial charge in [0.05, 0.1) is 13.2 Å². The molecule has 1 saturated heterocycles. The molecule has 0 bridgehead atoms. The van der Waals surface area contributed by atoms with E-state index in [1.807, 2.05) is 54.6 Å². The number of aromatic hydroxyl groups is 1. The number of rotatable bonds is 9. The Kier molecular flexibility index (Phi) is 11.7. The van der Waals surface area contributed by atoms with Crippen molar-refractivity contribution < 1.29 is 26.9 Å². The van der Waals surface area contributed by atoms with Crippen molar-refractivity contribution in [3.63, 3.8) is 0 Å². The number of phenols is 1. The summed E-state index contributed by atoms with van der Waals surface area (Å²) in [6, 6.07) is 39.2. The first-order valence-electron chi connectivity index (χ1n) is 14.4. The maximum Gasteiger partial charge on any atom is 2.00 e. The Hall–Kier alpha value is -3.34. The van der Waals surface area contributed by atoms with Gasteiger partial charge in [-0.05, 0) is 47.5 Å². The maximum absolute atomic E-state index is 11.1. The monoisotopic (exact) mass is 588 g/mol. The average Bonchev–Trinajstić information content (AvgIpc) is 3.76. The van der Waals surface area contributed by atoms with Crippen molar-refractivity contribution in [3.8, 4) is 11.5 Å². The Morgan fingerprint density at radius 2 is 1.54 bits per heavy atom. The van der Waals surface area contributed by atoms with Gasteiger partial charge < -0.3 is 14.7 Å². The number of hydrogen-bond donors (Lipinski definition) is 1. The van der Waals surface area contributed by atoms with Gasteiger partial charge in [-0.25, -0.2) is 24.3 Å². The Morgan fingerprint density at radius 1 is 0.829 bits per heavy atom. The van der Waals surface area contributed by atoms with E-state index in [2.05, 4.69) is 70.5 Å². The third-order valence-electron chi connectivity index (χ3n) is 7.90. The van der Waals surface area contributed by atoms with Crippen LogP contribution in [0, 0.1) is 0 Å². The molecule has 1 aliphatic rings. The Labute approximate surface area is 255 Å². The summed E-state index contributed by atoms with van der Waals surface area (Å²) in [6.07, 6.45) is 3.65. The molecule has 4 nitrogen and oxygen atoms in total. The van der Waals surface area contributed by atoms with Crippen LogP contribution < -0.4 is 4.74 Å². The normalized spacial score (nSPS) is 14.6. The number of phenolic OH excluding ortho intramolecular Hbond substituents is 1. The molecule has 1 aliphatic heterocycles. The molecule has 0 saturated carbocycles. The van der Waals surface area contributed by atoms with Crippen LogP contribution >= 0.6 is 0 Å². The largest absolute Gasteiger partial charge is 2.00 e. The topological polar surface area (TPSA) is 35.9 Å². The van der Waals surface area contributed by atoms with E-state index in [4.69, 9.17) is 4.74 Å². The van der Waals surface area contributed by atoms with E-state index in [-0.39, 0.29) is 23.1 Å². The molecule has 0 aliphatic carbocycles. The quantitative estimate of drug-likeness (QED) is 0.111. The fraction of sp³-hybridized carbons (Fsp3) is 0.278. The van der Waals surface area contributed by atoms with E-state index in [9.17, 15) is 5.11 Å². The van der Waals surface area contributed by atoms with Crippen LogP contribution in [0.1, 0.15) is 35.6 Å². The van der Waals surface area contributed by atoms with Crippen molar-refractivity contribution >= 4 is 10.8 Å². The van der Waals surface area contributed by atoms with Gasteiger partial charge >= 0.3 is 17.1 Å². The van der Waals surface area contributed by atoms with Crippen LogP contribution in [0.5, 0.6) is 11.5 Å². The third kappa shape index (κ3) is 8.12. The number of benzene rings is 3. The van der Waals surface area contributed by atoms with Gasteiger partial charge in [-0.3, -0.25) is 4.90 Å². The number of piperazine rings is 1. The number of hydrogen-bond acceptors (Lipinski definition) is 4. The van der Waals surface area contributed by atoms with E-state index in [1.165, 1.54) is 30.4 Å². The molecular weight excluding hydrogens is 548 g/mol. The van der Waals surface area contributed by atoms with E-state index >= 15 is 0 Å². The fourth-order valence-corrected chi connectivity index (χ4v) is 5.73. The van der Waals surface area contributed by atoms with Crippen LogP contribution in [0.4, 0.5) is 0 Å². The Bertz CT molecular complexity index is 1390. The van der Waals surface area contributed by atoms with Gasteiger partial charge in [-0.1, -0.05) is 55.3 Å². The molecule has 0 amide bonds. The summed E-state index contributed by atoms with van der Waals surface area (Å²) < 4.78 is 5.41. The molecule has 1 N–H and O–H groups in total. The molecule has 5 heteroatoms. The summed E-state index contributed by atoms with van der Waals surface area (Å²) in [5.74, 6) is 1.21. The summed E-state index contributed by atoms with van der Waals surface area (Å²) in [6.45, 7) is 5.20. The molecule has 0 aromatic heterocycles. The first kappa shape index (κ1) is 30.6. The van der Waals surface area contributed by atoms with E-state index in [0.29, 0.717) is 5.75 Å². The molecule has 1 atom stereocenters. The molecule has 1 heterocycles. The number of unbranched alkanes of at least 4 members (excludes halogenated alkanes) is 1. The second kappa shape index (κ2) is 15.6. The Morgan fingerprint density at radius 3 is 2.20 bits per heavy atom. The molecule has 1 unspecified atom stereocenters. The van der Waals surface area contributed by atoms with Crippen LogP contribution in [-0.4, -0.2) is 54.7 Å². The van der Waals surface area contributed by atoms with Crippen LogP contribution in [-0.2, 0) is 23.5 Å². The molecule has 1 fully saturated rings. The molecular formula is C36H40FeN2O2. The first-order valence-corrected chi connectivity index (χ1v) is 14.4. The molecule has 0 spiro atoms. The van der Waals surface area contributed by atoms with Crippen molar-refractivity contribution in [2.24, 2.45) is 0 Å². The van der Waals surface area contributed by atoms with Crippen molar-refractivity contribution in [2.75, 3.05) is 39.8 Å².